The number of fused-ring (bicyclic) bond motifs is 5. The van der Waals surface area contributed by atoms with Gasteiger partial charge < -0.3 is 64.8 Å². The molecule has 0 bridgehead atoms. The van der Waals surface area contributed by atoms with Gasteiger partial charge in [-0.3, -0.25) is 23.2 Å². The number of nitrogens with one attached hydrogen (secondary N) is 2. The smallest absolute Gasteiger partial charge is 0.470 e. The van der Waals surface area contributed by atoms with E-state index in [4.69, 9.17) is 66.1 Å². The van der Waals surface area contributed by atoms with Crippen molar-refractivity contribution in [2.45, 2.75) is 130 Å². The molecule has 2 aromatic heterocycles. The number of likely N-dealkylation sites (N-methyl/N-ethyl adjacent to an activating group) is 2. The van der Waals surface area contributed by atoms with Gasteiger partial charge in [0.05, 0.1) is 43.9 Å². The molecule has 9 rings (SSSR count). The van der Waals surface area contributed by atoms with Crippen LogP contribution in [-0.2, 0) is 27.7 Å². The Morgan fingerprint density at radius 3 is 2.26 bits per heavy atom. The number of benzene rings is 3. The Bertz CT molecular complexity index is 3850. The summed E-state index contributed by atoms with van der Waals surface area (Å²) in [5.74, 6) is 0.475. The third-order valence-corrected chi connectivity index (χ3v) is 18.8. The summed E-state index contributed by atoms with van der Waals surface area (Å²) in [7, 11) is -8.97. The fourth-order valence-electron chi connectivity index (χ4n) is 12.2. The number of ether oxygens (including phenoxy) is 2. The predicted molar refractivity (Wildman–Crippen MR) is 329 cm³/mol. The number of phosphoric acid groups is 2. The van der Waals surface area contributed by atoms with Crippen LogP contribution in [0.25, 0.3) is 27.9 Å². The standard InChI is InChI=1S/C57H70Cl4N10O13P2/c1-10-69-35-23-37-33(21-31(35)29(3)25-56(69,5)6)41(34-22-32-30(4)26-57(7,8)70(11-2)36(32)24-38(34)82-37)42-43(45(59)47(61)46(60)44(42)58)53(74)68(9)20-16-17-40(72)63-18-14-12-13-15-19-64-55-67-48-51(62)65-28-66-52(48)71(55)54-49(73)50(84-86(78,79)80)39(83-54)27-81-85(75,76)77/h21-26,28,39,49-50,54,62,73H,10-20,27H2,1-9H3,(H6,63,72,74,75,76,77,78,79,80)/t39-,49-,50-,54-/m1/s1. The predicted octanol–water partition coefficient (Wildman–Crippen LogP) is 7.96. The molecule has 0 saturated carbocycles. The lowest BCUT2D eigenvalue weighted by Crippen LogP contribution is -2.49. The van der Waals surface area contributed by atoms with Crippen molar-refractivity contribution < 1.29 is 61.9 Å². The van der Waals surface area contributed by atoms with E-state index in [0.717, 1.165) is 52.7 Å². The Labute approximate surface area is 517 Å². The number of unbranched alkanes of at least 4 members (excludes halogenated alkanes) is 3. The number of phosphoric ester groups is 2. The topological polar surface area (TPSA) is 312 Å². The van der Waals surface area contributed by atoms with Crippen molar-refractivity contribution >= 4 is 119 Å². The van der Waals surface area contributed by atoms with Crippen molar-refractivity contribution in [2.75, 3.05) is 62.3 Å². The maximum atomic E-state index is 15.1. The lowest BCUT2D eigenvalue weighted by Gasteiger charge is -2.43. The minimum absolute atomic E-state index is 0.0125. The Hall–Kier alpha value is -5.20. The molecule has 464 valence electrons. The summed E-state index contributed by atoms with van der Waals surface area (Å²) in [4.78, 5) is 84.4. The van der Waals surface area contributed by atoms with Crippen LogP contribution in [0.1, 0.15) is 133 Å². The summed E-state index contributed by atoms with van der Waals surface area (Å²) >= 11 is 28.4. The molecule has 0 aliphatic carbocycles. The fraction of sp³-hybridized carbons (Fsp3) is 0.474. The van der Waals surface area contributed by atoms with Crippen LogP contribution in [0.2, 0.25) is 20.1 Å². The van der Waals surface area contributed by atoms with Gasteiger partial charge in [0.15, 0.2) is 28.7 Å². The Balaban J connectivity index is 0.873. The highest BCUT2D eigenvalue weighted by molar-refractivity contribution is 7.46. The van der Waals surface area contributed by atoms with Gasteiger partial charge in [-0.1, -0.05) is 65.3 Å². The zero-order valence-electron chi connectivity index (χ0n) is 48.9. The molecular formula is C57H70Cl4N10O13P2. The van der Waals surface area contributed by atoms with Crippen LogP contribution in [0.4, 0.5) is 17.5 Å². The van der Waals surface area contributed by atoms with Gasteiger partial charge in [0.1, 0.15) is 42.7 Å². The molecular weight excluding hydrogens is 1240 g/mol. The molecule has 1 fully saturated rings. The summed E-state index contributed by atoms with van der Waals surface area (Å²) in [5, 5.41) is 18.9. The minimum Gasteiger partial charge on any atom is -0.756 e. The van der Waals surface area contributed by atoms with Crippen LogP contribution in [0.15, 0.2) is 42.7 Å². The second-order valence-corrected chi connectivity index (χ2v) is 26.7. The molecule has 5 atom stereocenters. The van der Waals surface area contributed by atoms with Crippen molar-refractivity contribution in [1.29, 1.82) is 0 Å². The molecule has 4 aliphatic rings. The summed E-state index contributed by atoms with van der Waals surface area (Å²) in [5.41, 5.74) is 12.4. The molecule has 5 aromatic rings. The molecule has 6 heterocycles. The molecule has 0 spiro atoms. The summed E-state index contributed by atoms with van der Waals surface area (Å²) < 4.78 is 48.8. The van der Waals surface area contributed by atoms with Crippen LogP contribution in [-0.4, -0.2) is 132 Å². The molecule has 1 saturated heterocycles. The first-order valence-corrected chi connectivity index (χ1v) is 32.6. The number of halogens is 4. The van der Waals surface area contributed by atoms with Crippen molar-refractivity contribution in [1.82, 2.24) is 34.3 Å². The van der Waals surface area contributed by atoms with Crippen LogP contribution in [0, 0.1) is 0 Å². The lowest BCUT2D eigenvalue weighted by atomic mass is 9.83. The van der Waals surface area contributed by atoms with E-state index in [0.29, 0.717) is 78.6 Å². The number of amides is 2. The van der Waals surface area contributed by atoms with Crippen LogP contribution >= 0.6 is 62.0 Å². The van der Waals surface area contributed by atoms with E-state index >= 15 is 4.79 Å². The zero-order valence-corrected chi connectivity index (χ0v) is 53.7. The molecule has 2 amide bonds. The van der Waals surface area contributed by atoms with Crippen molar-refractivity contribution in [3.8, 4) is 11.5 Å². The monoisotopic (exact) mass is 1300 g/mol. The van der Waals surface area contributed by atoms with E-state index < -0.39 is 52.7 Å². The van der Waals surface area contributed by atoms with E-state index in [1.165, 1.54) is 9.47 Å². The summed E-state index contributed by atoms with van der Waals surface area (Å²) in [6.45, 7) is 18.5. The first kappa shape index (κ1) is 65.3. The lowest BCUT2D eigenvalue weighted by molar-refractivity contribution is -0.222. The largest absolute Gasteiger partial charge is 0.756 e. The Kier molecular flexibility index (Phi) is 19.2. The average Bonchev–Trinajstić information content (AvgIpc) is 0.913. The van der Waals surface area contributed by atoms with Gasteiger partial charge >= 0.3 is 7.82 Å². The van der Waals surface area contributed by atoms with Crippen molar-refractivity contribution in [2.24, 2.45) is 0 Å². The molecule has 29 heteroatoms. The van der Waals surface area contributed by atoms with Gasteiger partial charge in [-0.15, -0.1) is 0 Å². The van der Waals surface area contributed by atoms with E-state index in [2.05, 4.69) is 131 Å². The third-order valence-electron chi connectivity index (χ3n) is 16.0. The number of nitrogens with zero attached hydrogens (tertiary/aromatic N) is 7. The van der Waals surface area contributed by atoms with E-state index in [9.17, 15) is 38.6 Å². The first-order chi connectivity index (χ1) is 40.4. The normalized spacial score (nSPS) is 20.1. The van der Waals surface area contributed by atoms with Gasteiger partial charge in [-0.25, -0.2) is 24.1 Å². The molecule has 86 heavy (non-hydrogen) atoms. The molecule has 23 nitrogen and oxygen atoms in total. The zero-order chi connectivity index (χ0) is 62.7. The van der Waals surface area contributed by atoms with Gasteiger partial charge in [0.2, 0.25) is 17.2 Å². The number of rotatable bonds is 22. The number of hydrogen-bond acceptors (Lipinski definition) is 16. The van der Waals surface area contributed by atoms with E-state index in [1.54, 1.807) is 7.05 Å². The first-order valence-electron chi connectivity index (χ1n) is 28.1. The SMILES string of the molecule is CCN1c2cc3c(cc2C(C)=CC1(C)C)C(c1c(Cl)c(Cl)c(Cl)c(Cl)c1C(=O)N(C)CCCC(=O)NCCCCCCNc1nc2c(N)ncnc2n1[C@@H]1O[C@H](COP(=O)([O-])O)[C@@H](OP(=O)(O)O)[C@H]1O)=c1cc2c(cc1O3)=[N+](CC)C(C)(C)C=C2C. The Morgan fingerprint density at radius 1 is 0.895 bits per heavy atom. The number of allylic oxidation sites excluding steroid dienone is 2. The van der Waals surface area contributed by atoms with Gasteiger partial charge in [-0.2, -0.15) is 0 Å². The van der Waals surface area contributed by atoms with Crippen LogP contribution in [0.3, 0.4) is 0 Å². The molecule has 8 N–H and O–H groups in total. The molecule has 1 unspecified atom stereocenters. The Morgan fingerprint density at radius 2 is 1.58 bits per heavy atom. The average molecular weight is 1310 g/mol. The van der Waals surface area contributed by atoms with Gasteiger partial charge in [0.25, 0.3) is 13.7 Å². The van der Waals surface area contributed by atoms with Crippen LogP contribution in [0.5, 0.6) is 11.5 Å². The second kappa shape index (κ2) is 25.4. The van der Waals surface area contributed by atoms with Gasteiger partial charge in [0, 0.05) is 98.3 Å². The number of aromatic nitrogens is 4. The number of aliphatic hydroxyl groups is 1. The van der Waals surface area contributed by atoms with Gasteiger partial charge in [-0.05, 0) is 90.2 Å². The number of anilines is 3. The number of hydrogen-bond donors (Lipinski definition) is 7. The number of carbonyl (C=O) groups is 2. The maximum absolute atomic E-state index is 15.1. The van der Waals surface area contributed by atoms with Crippen LogP contribution < -0.4 is 46.0 Å². The highest BCUT2D eigenvalue weighted by atomic mass is 35.5. The third kappa shape index (κ3) is 13.1. The van der Waals surface area contributed by atoms with Crippen molar-refractivity contribution in [3.63, 3.8) is 0 Å². The highest BCUT2D eigenvalue weighted by Gasteiger charge is 2.50. The summed E-state index contributed by atoms with van der Waals surface area (Å²) in [6.07, 6.45) is 1.89. The molecule has 4 aliphatic heterocycles. The molecule has 0 radical (unpaired) electrons. The van der Waals surface area contributed by atoms with E-state index in [-0.39, 0.29) is 78.5 Å². The highest BCUT2D eigenvalue weighted by Crippen LogP contribution is 2.52. The van der Waals surface area contributed by atoms with Crippen molar-refractivity contribution in [3.05, 3.63) is 101 Å². The number of carbonyl (C=O) groups excluding carboxylic acids is 2. The minimum atomic E-state index is -5.32. The number of nitrogens with two attached hydrogens (primary N) is 1. The summed E-state index contributed by atoms with van der Waals surface area (Å²) in [6, 6.07) is 8.32. The fourth-order valence-corrected chi connectivity index (χ4v) is 14.2. The quantitative estimate of drug-likeness (QED) is 0.0111. The maximum Gasteiger partial charge on any atom is 0.470 e. The van der Waals surface area contributed by atoms with E-state index in [1.807, 2.05) is 0 Å². The second-order valence-electron chi connectivity index (χ2n) is 22.8. The molecule has 3 aromatic carbocycles. The number of aliphatic hydroxyl groups excluding tert-OH is 1. The number of imidazole rings is 1. The number of nitrogen functional groups attached to an aromatic ring is 1.